The standard InChI is InChI=1S/C34H34N4O/c1-4-29-30-16-17-38(21-25-8-6-5-7-9-25)31(30)34(37-33(29)36-28-14-10-24(20-35)11-15-28)39-32-22(2)18-27(19-23(32)3)26-12-13-26/h5-11,14-19,26,29,33,36H,4,12-13,21H2,1-3H3. The summed E-state index contributed by atoms with van der Waals surface area (Å²) in [5.74, 6) is 2.42. The van der Waals surface area contributed by atoms with Crippen molar-refractivity contribution in [3.63, 3.8) is 0 Å². The summed E-state index contributed by atoms with van der Waals surface area (Å²) in [7, 11) is 0. The molecule has 0 radical (unpaired) electrons. The first-order valence-electron chi connectivity index (χ1n) is 13.9. The van der Waals surface area contributed by atoms with Crippen LogP contribution in [0, 0.1) is 25.2 Å². The fraction of sp³-hybridized carbons (Fsp3) is 0.294. The Morgan fingerprint density at radius 3 is 2.36 bits per heavy atom. The Kier molecular flexibility index (Phi) is 6.70. The number of rotatable bonds is 7. The number of fused-ring (bicyclic) bond motifs is 1. The Balaban J connectivity index is 1.40. The second-order valence-electron chi connectivity index (χ2n) is 10.8. The van der Waals surface area contributed by atoms with Gasteiger partial charge in [-0.3, -0.25) is 0 Å². The minimum absolute atomic E-state index is 0.180. The topological polar surface area (TPSA) is 62.3 Å². The fourth-order valence-electron chi connectivity index (χ4n) is 5.75. The molecule has 2 unspecified atom stereocenters. The highest BCUT2D eigenvalue weighted by Crippen LogP contribution is 2.43. The smallest absolute Gasteiger partial charge is 0.241 e. The highest BCUT2D eigenvalue weighted by Gasteiger charge is 2.34. The maximum absolute atomic E-state index is 9.21. The lowest BCUT2D eigenvalue weighted by molar-refractivity contribution is 0.487. The first kappa shape index (κ1) is 25.0. The van der Waals surface area contributed by atoms with Crippen LogP contribution in [0.4, 0.5) is 5.69 Å². The highest BCUT2D eigenvalue weighted by molar-refractivity contribution is 5.97. The average Bonchev–Trinajstić information content (AvgIpc) is 3.72. The molecule has 1 aliphatic carbocycles. The third-order valence-corrected chi connectivity index (χ3v) is 7.93. The van der Waals surface area contributed by atoms with Crippen molar-refractivity contribution in [1.29, 1.82) is 5.26 Å². The van der Waals surface area contributed by atoms with Gasteiger partial charge in [0, 0.05) is 24.3 Å². The Morgan fingerprint density at radius 2 is 1.72 bits per heavy atom. The molecular weight excluding hydrogens is 480 g/mol. The zero-order valence-corrected chi connectivity index (χ0v) is 22.8. The van der Waals surface area contributed by atoms with Crippen LogP contribution in [-0.4, -0.2) is 16.6 Å². The Bertz CT molecular complexity index is 1530. The van der Waals surface area contributed by atoms with Crippen LogP contribution in [0.1, 0.15) is 77.1 Å². The first-order valence-corrected chi connectivity index (χ1v) is 13.9. The maximum atomic E-state index is 9.21. The van der Waals surface area contributed by atoms with Crippen molar-refractivity contribution < 1.29 is 4.74 Å². The molecule has 2 heterocycles. The molecule has 1 N–H and O–H groups in total. The minimum Gasteiger partial charge on any atom is -0.437 e. The molecule has 6 rings (SSSR count). The Morgan fingerprint density at radius 1 is 1.00 bits per heavy atom. The summed E-state index contributed by atoms with van der Waals surface area (Å²) in [6.07, 6.45) is 5.47. The van der Waals surface area contributed by atoms with Gasteiger partial charge in [0.25, 0.3) is 0 Å². The van der Waals surface area contributed by atoms with E-state index in [9.17, 15) is 5.26 Å². The van der Waals surface area contributed by atoms with Crippen molar-refractivity contribution >= 4 is 11.6 Å². The number of aliphatic imine (C=N–C) groups is 1. The average molecular weight is 515 g/mol. The van der Waals surface area contributed by atoms with Crippen molar-refractivity contribution in [2.45, 2.75) is 64.6 Å². The second-order valence-corrected chi connectivity index (χ2v) is 10.8. The van der Waals surface area contributed by atoms with Gasteiger partial charge >= 0.3 is 0 Å². The van der Waals surface area contributed by atoms with Gasteiger partial charge in [0.1, 0.15) is 17.6 Å². The molecule has 196 valence electrons. The summed E-state index contributed by atoms with van der Waals surface area (Å²) in [4.78, 5) is 5.23. The SMILES string of the molecule is CCC1c2ccn(Cc3ccccc3)c2C(Oc2c(C)cc(C3CC3)cc2C)=NC1Nc1ccc(C#N)cc1. The molecule has 0 spiro atoms. The lowest BCUT2D eigenvalue weighted by Crippen LogP contribution is -2.34. The van der Waals surface area contributed by atoms with E-state index in [2.05, 4.69) is 85.4 Å². The Hall–Kier alpha value is -4.30. The number of nitrogens with zero attached hydrogens (tertiary/aromatic N) is 3. The molecule has 4 aromatic rings. The quantitative estimate of drug-likeness (QED) is 0.275. The number of benzene rings is 3. The third-order valence-electron chi connectivity index (χ3n) is 7.93. The number of aryl methyl sites for hydroxylation is 2. The van der Waals surface area contributed by atoms with Crippen molar-refractivity contribution in [2.24, 2.45) is 4.99 Å². The predicted molar refractivity (Wildman–Crippen MR) is 157 cm³/mol. The van der Waals surface area contributed by atoms with Crippen molar-refractivity contribution in [1.82, 2.24) is 4.57 Å². The molecule has 0 bridgehead atoms. The largest absolute Gasteiger partial charge is 0.437 e. The van der Waals surface area contributed by atoms with Crippen LogP contribution in [-0.2, 0) is 6.54 Å². The summed E-state index contributed by atoms with van der Waals surface area (Å²) >= 11 is 0. The molecule has 3 aromatic carbocycles. The molecule has 39 heavy (non-hydrogen) atoms. The number of hydrogen-bond donors (Lipinski definition) is 1. The lowest BCUT2D eigenvalue weighted by atomic mass is 9.90. The van der Waals surface area contributed by atoms with E-state index < -0.39 is 0 Å². The minimum atomic E-state index is -0.190. The van der Waals surface area contributed by atoms with E-state index in [-0.39, 0.29) is 12.1 Å². The van der Waals surface area contributed by atoms with Gasteiger partial charge in [0.2, 0.25) is 5.90 Å². The normalized spacial score (nSPS) is 18.2. The van der Waals surface area contributed by atoms with Gasteiger partial charge in [-0.25, -0.2) is 4.99 Å². The molecule has 5 nitrogen and oxygen atoms in total. The number of nitriles is 1. The molecule has 2 atom stereocenters. The maximum Gasteiger partial charge on any atom is 0.241 e. The van der Waals surface area contributed by atoms with Crippen LogP contribution in [0.25, 0.3) is 0 Å². The van der Waals surface area contributed by atoms with E-state index in [1.165, 1.54) is 29.5 Å². The van der Waals surface area contributed by atoms with Gasteiger partial charge in [-0.05, 0) is 97.2 Å². The summed E-state index contributed by atoms with van der Waals surface area (Å²) in [5.41, 5.74) is 8.83. The van der Waals surface area contributed by atoms with Gasteiger partial charge in [0.15, 0.2) is 0 Å². The Labute approximate surface area is 230 Å². The van der Waals surface area contributed by atoms with Gasteiger partial charge in [-0.2, -0.15) is 5.26 Å². The molecular formula is C34H34N4O. The molecule has 1 saturated carbocycles. The van der Waals surface area contributed by atoms with Crippen LogP contribution in [0.2, 0.25) is 0 Å². The molecule has 1 aromatic heterocycles. The third kappa shape index (κ3) is 5.07. The highest BCUT2D eigenvalue weighted by atomic mass is 16.5. The summed E-state index contributed by atoms with van der Waals surface area (Å²) < 4.78 is 9.05. The zero-order chi connectivity index (χ0) is 26.9. The fourth-order valence-corrected chi connectivity index (χ4v) is 5.75. The molecule has 5 heteroatoms. The van der Waals surface area contributed by atoms with Gasteiger partial charge < -0.3 is 14.6 Å². The van der Waals surface area contributed by atoms with Crippen LogP contribution in [0.3, 0.4) is 0 Å². The van der Waals surface area contributed by atoms with Crippen LogP contribution < -0.4 is 10.1 Å². The van der Waals surface area contributed by atoms with Crippen LogP contribution in [0.15, 0.2) is 84.0 Å². The van der Waals surface area contributed by atoms with E-state index >= 15 is 0 Å². The lowest BCUT2D eigenvalue weighted by Gasteiger charge is -2.31. The van der Waals surface area contributed by atoms with Gasteiger partial charge in [0.05, 0.1) is 11.6 Å². The molecule has 1 aliphatic heterocycles. The molecule has 0 saturated heterocycles. The molecule has 1 fully saturated rings. The second kappa shape index (κ2) is 10.5. The monoisotopic (exact) mass is 514 g/mol. The van der Waals surface area contributed by atoms with Crippen LogP contribution in [0.5, 0.6) is 5.75 Å². The van der Waals surface area contributed by atoms with Gasteiger partial charge in [-0.15, -0.1) is 0 Å². The van der Waals surface area contributed by atoms with E-state index in [1.807, 2.05) is 30.3 Å². The zero-order valence-electron chi connectivity index (χ0n) is 22.8. The molecule has 2 aliphatic rings. The van der Waals surface area contributed by atoms with Crippen molar-refractivity contribution in [3.05, 3.63) is 118 Å². The van der Waals surface area contributed by atoms with E-state index in [1.54, 1.807) is 0 Å². The number of ether oxygens (including phenoxy) is 1. The van der Waals surface area contributed by atoms with E-state index in [4.69, 9.17) is 9.73 Å². The summed E-state index contributed by atoms with van der Waals surface area (Å²) in [5, 5.41) is 12.8. The number of hydrogen-bond acceptors (Lipinski definition) is 4. The summed E-state index contributed by atoms with van der Waals surface area (Å²) in [6, 6.07) is 27.1. The van der Waals surface area contributed by atoms with Gasteiger partial charge in [-0.1, -0.05) is 49.4 Å². The number of nitrogens with one attached hydrogen (secondary N) is 1. The van der Waals surface area contributed by atoms with E-state index in [0.29, 0.717) is 17.4 Å². The number of anilines is 1. The predicted octanol–water partition coefficient (Wildman–Crippen LogP) is 7.67. The van der Waals surface area contributed by atoms with Crippen LogP contribution >= 0.6 is 0 Å². The first-order chi connectivity index (χ1) is 19.0. The van der Waals surface area contributed by atoms with Crippen molar-refractivity contribution in [2.75, 3.05) is 5.32 Å². The number of aromatic nitrogens is 1. The molecule has 0 amide bonds. The summed E-state index contributed by atoms with van der Waals surface area (Å²) in [6.45, 7) is 7.25. The van der Waals surface area contributed by atoms with Crippen molar-refractivity contribution in [3.8, 4) is 11.8 Å². The van der Waals surface area contributed by atoms with E-state index in [0.717, 1.165) is 41.2 Å².